The number of carboxylic acids is 1. The molecule has 0 bridgehead atoms. The summed E-state index contributed by atoms with van der Waals surface area (Å²) in [5, 5.41) is 12.1. The van der Waals surface area contributed by atoms with Crippen molar-refractivity contribution in [2.24, 2.45) is 0 Å². The number of Topliss-reactive ketones (excluding diaryl/α,β-unsaturated/α-hetero) is 1. The minimum absolute atomic E-state index is 0.0272. The van der Waals surface area contributed by atoms with Crippen LogP contribution in [-0.2, 0) is 15.1 Å². The molecule has 1 unspecified atom stereocenters. The number of hydrogen-bond acceptors (Lipinski definition) is 3. The first kappa shape index (κ1) is 18.4. The molecule has 1 amide bonds. The predicted octanol–water partition coefficient (Wildman–Crippen LogP) is 3.07. The predicted molar refractivity (Wildman–Crippen MR) is 94.3 cm³/mol. The van der Waals surface area contributed by atoms with Crippen LogP contribution in [0.15, 0.2) is 54.6 Å². The van der Waals surface area contributed by atoms with Gasteiger partial charge in [0.25, 0.3) is 0 Å². The van der Waals surface area contributed by atoms with E-state index in [-0.39, 0.29) is 18.6 Å². The van der Waals surface area contributed by atoms with Crippen molar-refractivity contribution in [1.29, 1.82) is 0 Å². The van der Waals surface area contributed by atoms with Gasteiger partial charge in [0.15, 0.2) is 11.3 Å². The molecule has 0 radical (unpaired) electrons. The van der Waals surface area contributed by atoms with E-state index in [1.54, 1.807) is 42.5 Å². The maximum absolute atomic E-state index is 12.2. The molecule has 0 fully saturated rings. The summed E-state index contributed by atoms with van der Waals surface area (Å²) in [4.78, 5) is 36.0. The van der Waals surface area contributed by atoms with Crippen molar-refractivity contribution in [3.05, 3.63) is 71.3 Å². The molecule has 0 aromatic heterocycles. The van der Waals surface area contributed by atoms with Crippen LogP contribution in [0.5, 0.6) is 0 Å². The first-order chi connectivity index (χ1) is 11.8. The van der Waals surface area contributed by atoms with Gasteiger partial charge in [0.1, 0.15) is 0 Å². The van der Waals surface area contributed by atoms with Gasteiger partial charge in [-0.25, -0.2) is 4.79 Å². The largest absolute Gasteiger partial charge is 0.479 e. The highest BCUT2D eigenvalue weighted by Gasteiger charge is 2.36. The lowest BCUT2D eigenvalue weighted by molar-refractivity contribution is -0.147. The average molecular weight is 339 g/mol. The standard InChI is InChI=1S/C20H21NO4/c1-14-8-10-15(11-9-14)17(22)12-13-18(23)21-20(2,19(24)25)16-6-4-3-5-7-16/h3-11H,12-13H2,1-2H3,(H,21,23)(H,24,25). The van der Waals surface area contributed by atoms with Crippen molar-refractivity contribution in [2.45, 2.75) is 32.2 Å². The normalized spacial score (nSPS) is 12.9. The fourth-order valence-corrected chi connectivity index (χ4v) is 2.47. The van der Waals surface area contributed by atoms with Crippen LogP contribution in [0.4, 0.5) is 0 Å². The zero-order chi connectivity index (χ0) is 18.4. The van der Waals surface area contributed by atoms with Crippen LogP contribution in [0.25, 0.3) is 0 Å². The van der Waals surface area contributed by atoms with E-state index in [1.807, 2.05) is 19.1 Å². The number of aryl methyl sites for hydroxylation is 1. The first-order valence-electron chi connectivity index (χ1n) is 8.03. The number of rotatable bonds is 7. The molecule has 2 rings (SSSR count). The topological polar surface area (TPSA) is 83.5 Å². The number of amides is 1. The lowest BCUT2D eigenvalue weighted by Gasteiger charge is -2.26. The number of carbonyl (C=O) groups is 3. The van der Waals surface area contributed by atoms with Crippen LogP contribution in [0.3, 0.4) is 0 Å². The van der Waals surface area contributed by atoms with Crippen LogP contribution in [0, 0.1) is 6.92 Å². The van der Waals surface area contributed by atoms with Crippen LogP contribution >= 0.6 is 0 Å². The zero-order valence-electron chi connectivity index (χ0n) is 14.3. The quantitative estimate of drug-likeness (QED) is 0.759. The SMILES string of the molecule is Cc1ccc(C(=O)CCC(=O)NC(C)(C(=O)O)c2ccccc2)cc1. The van der Waals surface area contributed by atoms with Gasteiger partial charge in [-0.15, -0.1) is 0 Å². The Morgan fingerprint density at radius 2 is 1.56 bits per heavy atom. The summed E-state index contributed by atoms with van der Waals surface area (Å²) >= 11 is 0. The molecule has 0 aliphatic carbocycles. The lowest BCUT2D eigenvalue weighted by Crippen LogP contribution is -2.49. The van der Waals surface area contributed by atoms with E-state index < -0.39 is 17.4 Å². The fourth-order valence-electron chi connectivity index (χ4n) is 2.47. The Bertz CT molecular complexity index is 768. The van der Waals surface area contributed by atoms with E-state index in [4.69, 9.17) is 0 Å². The van der Waals surface area contributed by atoms with E-state index in [1.165, 1.54) is 6.92 Å². The third-order valence-electron chi connectivity index (χ3n) is 4.12. The third-order valence-corrected chi connectivity index (χ3v) is 4.12. The number of hydrogen-bond donors (Lipinski definition) is 2. The molecule has 0 heterocycles. The Morgan fingerprint density at radius 3 is 2.12 bits per heavy atom. The van der Waals surface area contributed by atoms with Gasteiger partial charge in [0.05, 0.1) is 0 Å². The summed E-state index contributed by atoms with van der Waals surface area (Å²) in [6, 6.07) is 15.6. The number of nitrogens with one attached hydrogen (secondary N) is 1. The summed E-state index contributed by atoms with van der Waals surface area (Å²) in [6.07, 6.45) is -0.0399. The monoisotopic (exact) mass is 339 g/mol. The van der Waals surface area contributed by atoms with Gasteiger partial charge in [-0.2, -0.15) is 0 Å². The van der Waals surface area contributed by atoms with Crippen molar-refractivity contribution < 1.29 is 19.5 Å². The molecule has 5 nitrogen and oxygen atoms in total. The van der Waals surface area contributed by atoms with E-state index >= 15 is 0 Å². The summed E-state index contributed by atoms with van der Waals surface area (Å²) in [5.41, 5.74) is 0.531. The van der Waals surface area contributed by atoms with Crippen LogP contribution in [-0.4, -0.2) is 22.8 Å². The van der Waals surface area contributed by atoms with Gasteiger partial charge >= 0.3 is 5.97 Å². The molecule has 5 heteroatoms. The minimum Gasteiger partial charge on any atom is -0.479 e. The van der Waals surface area contributed by atoms with Gasteiger partial charge < -0.3 is 10.4 Å². The van der Waals surface area contributed by atoms with Gasteiger partial charge in [0.2, 0.25) is 5.91 Å². The Labute approximate surface area is 146 Å². The lowest BCUT2D eigenvalue weighted by atomic mass is 9.91. The number of carboxylic acid groups (broad SMARTS) is 1. The second kappa shape index (κ2) is 7.75. The molecule has 2 aromatic carbocycles. The molecular weight excluding hydrogens is 318 g/mol. The Hall–Kier alpha value is -2.95. The van der Waals surface area contributed by atoms with Crippen LogP contribution < -0.4 is 5.32 Å². The molecule has 0 saturated heterocycles. The molecule has 2 N–H and O–H groups in total. The van der Waals surface area contributed by atoms with Gasteiger partial charge in [-0.05, 0) is 19.4 Å². The van der Waals surface area contributed by atoms with Gasteiger partial charge in [-0.3, -0.25) is 9.59 Å². The molecule has 2 aromatic rings. The third kappa shape index (κ3) is 4.53. The number of carbonyl (C=O) groups excluding carboxylic acids is 2. The van der Waals surface area contributed by atoms with Crippen molar-refractivity contribution in [3.8, 4) is 0 Å². The molecule has 130 valence electrons. The zero-order valence-corrected chi connectivity index (χ0v) is 14.3. The van der Waals surface area contributed by atoms with Crippen molar-refractivity contribution in [2.75, 3.05) is 0 Å². The molecule has 0 saturated carbocycles. The molecule has 0 spiro atoms. The summed E-state index contributed by atoms with van der Waals surface area (Å²) in [6.45, 7) is 3.36. The van der Waals surface area contributed by atoms with Crippen molar-refractivity contribution >= 4 is 17.7 Å². The molecular formula is C20H21NO4. The van der Waals surface area contributed by atoms with Crippen LogP contribution in [0.2, 0.25) is 0 Å². The maximum atomic E-state index is 12.2. The average Bonchev–Trinajstić information content (AvgIpc) is 2.60. The first-order valence-corrected chi connectivity index (χ1v) is 8.03. The summed E-state index contributed by atoms with van der Waals surface area (Å²) in [5.74, 6) is -1.78. The molecule has 25 heavy (non-hydrogen) atoms. The second-order valence-electron chi connectivity index (χ2n) is 6.13. The highest BCUT2D eigenvalue weighted by Crippen LogP contribution is 2.21. The van der Waals surface area contributed by atoms with E-state index in [9.17, 15) is 19.5 Å². The minimum atomic E-state index is -1.54. The number of ketones is 1. The van der Waals surface area contributed by atoms with Crippen molar-refractivity contribution in [3.63, 3.8) is 0 Å². The highest BCUT2D eigenvalue weighted by molar-refractivity contribution is 5.98. The molecule has 0 aliphatic heterocycles. The van der Waals surface area contributed by atoms with E-state index in [2.05, 4.69) is 5.32 Å². The van der Waals surface area contributed by atoms with Crippen molar-refractivity contribution in [1.82, 2.24) is 5.32 Å². The summed E-state index contributed by atoms with van der Waals surface area (Å²) < 4.78 is 0. The maximum Gasteiger partial charge on any atom is 0.333 e. The van der Waals surface area contributed by atoms with Crippen LogP contribution in [0.1, 0.15) is 41.3 Å². The summed E-state index contributed by atoms with van der Waals surface area (Å²) in [7, 11) is 0. The van der Waals surface area contributed by atoms with Gasteiger partial charge in [0, 0.05) is 18.4 Å². The Morgan fingerprint density at radius 1 is 0.960 bits per heavy atom. The number of aliphatic carboxylic acids is 1. The van der Waals surface area contributed by atoms with Gasteiger partial charge in [-0.1, -0.05) is 60.2 Å². The fraction of sp³-hybridized carbons (Fsp3) is 0.250. The molecule has 1 atom stereocenters. The Kier molecular flexibility index (Phi) is 5.70. The van der Waals surface area contributed by atoms with E-state index in [0.717, 1.165) is 5.56 Å². The smallest absolute Gasteiger partial charge is 0.333 e. The number of benzene rings is 2. The molecule has 0 aliphatic rings. The second-order valence-corrected chi connectivity index (χ2v) is 6.13. The Balaban J connectivity index is 2.01. The highest BCUT2D eigenvalue weighted by atomic mass is 16.4. The van der Waals surface area contributed by atoms with E-state index in [0.29, 0.717) is 11.1 Å².